The Bertz CT molecular complexity index is 410. The van der Waals surface area contributed by atoms with Gasteiger partial charge in [-0.3, -0.25) is 4.74 Å². The summed E-state index contributed by atoms with van der Waals surface area (Å²) in [4.78, 5) is 0. The maximum absolute atomic E-state index is 4.62. The summed E-state index contributed by atoms with van der Waals surface area (Å²) in [6.45, 7) is 15.4. The average molecular weight is 341 g/mol. The molecule has 0 aliphatic heterocycles. The molecule has 3 heteroatoms. The van der Waals surface area contributed by atoms with Crippen molar-refractivity contribution in [3.05, 3.63) is 48.2 Å². The van der Waals surface area contributed by atoms with Gasteiger partial charge in [-0.25, -0.2) is 0 Å². The topological polar surface area (TPSA) is 12.4 Å². The summed E-state index contributed by atoms with van der Waals surface area (Å²) in [6.07, 6.45) is 16.0. The minimum atomic E-state index is -0.948. The number of allylic oxidation sites excluding steroid dienone is 7. The van der Waals surface area contributed by atoms with E-state index in [1.807, 2.05) is 0 Å². The zero-order valence-corrected chi connectivity index (χ0v) is 17.3. The third-order valence-electron chi connectivity index (χ3n) is 2.28. The van der Waals surface area contributed by atoms with E-state index >= 15 is 0 Å². The molecule has 0 unspecified atom stereocenters. The van der Waals surface area contributed by atoms with Crippen LogP contribution >= 0.6 is 7.05 Å². The fourth-order valence-electron chi connectivity index (χ4n) is 1.47. The van der Waals surface area contributed by atoms with E-state index in [1.54, 1.807) is 0 Å². The number of hydrogen-bond donors (Lipinski definition) is 0. The number of nitrogens with zero attached hydrogens (tertiary/aromatic N) is 1. The minimum Gasteiger partial charge on any atom is -0.272 e. The molecular formula is C18H32NPTi. The maximum atomic E-state index is 4.62. The number of rotatable bonds is 4. The summed E-state index contributed by atoms with van der Waals surface area (Å²) < 4.78 is 4.62. The Kier molecular flexibility index (Phi) is 13.7. The van der Waals surface area contributed by atoms with Gasteiger partial charge in [-0.15, -0.1) is 0 Å². The van der Waals surface area contributed by atoms with E-state index in [-0.39, 0.29) is 21.7 Å². The Morgan fingerprint density at radius 3 is 1.76 bits per heavy atom. The molecule has 1 nitrogen and oxygen atoms in total. The third-order valence-corrected chi connectivity index (χ3v) is 3.14. The molecular weight excluding hydrogens is 309 g/mol. The molecule has 1 aliphatic carbocycles. The Balaban J connectivity index is 0. The standard InChI is InChI=1S/C10H18.C8H14NP.Ti/c1-9(2)7-5-6-8-10(3)4;1-10(2,3)9-8-6-4-5-7-8;/h5-10H,1-4H3;4-6H,7H2,1-3H3;. The van der Waals surface area contributed by atoms with Gasteiger partial charge >= 0.3 is 0 Å². The van der Waals surface area contributed by atoms with Gasteiger partial charge in [0.2, 0.25) is 0 Å². The smallest absolute Gasteiger partial charge is 0.0424 e. The van der Waals surface area contributed by atoms with Crippen molar-refractivity contribution in [1.29, 1.82) is 0 Å². The molecule has 0 aromatic carbocycles. The second-order valence-electron chi connectivity index (χ2n) is 6.59. The zero-order chi connectivity index (χ0) is 15.6. The van der Waals surface area contributed by atoms with E-state index < -0.39 is 7.05 Å². The molecule has 0 heterocycles. The largest absolute Gasteiger partial charge is 0.272 e. The predicted octanol–water partition coefficient (Wildman–Crippen LogP) is 6.33. The van der Waals surface area contributed by atoms with Gasteiger partial charge in [0, 0.05) is 33.8 Å². The van der Waals surface area contributed by atoms with Crippen LogP contribution in [0, 0.1) is 11.8 Å². The molecule has 118 valence electrons. The fraction of sp³-hybridized carbons (Fsp3) is 0.556. The molecule has 0 radical (unpaired) electrons. The molecule has 0 aromatic heterocycles. The number of hydrogen-bond acceptors (Lipinski definition) is 1. The Morgan fingerprint density at radius 1 is 1.00 bits per heavy atom. The van der Waals surface area contributed by atoms with Crippen LogP contribution in [0.25, 0.3) is 0 Å². The average Bonchev–Trinajstić information content (AvgIpc) is 2.75. The summed E-state index contributed by atoms with van der Waals surface area (Å²) in [7, 11) is -0.948. The molecule has 0 atom stereocenters. The molecule has 0 spiro atoms. The van der Waals surface area contributed by atoms with Crippen LogP contribution in [-0.2, 0) is 21.7 Å². The first-order valence-corrected chi connectivity index (χ1v) is 10.5. The maximum Gasteiger partial charge on any atom is 0.0424 e. The van der Waals surface area contributed by atoms with Crippen LogP contribution in [-0.4, -0.2) is 20.0 Å². The van der Waals surface area contributed by atoms with Gasteiger partial charge in [-0.2, -0.15) is 0 Å². The van der Waals surface area contributed by atoms with Crippen LogP contribution in [0.1, 0.15) is 34.1 Å². The SMILES string of the molecule is CC(C)C=CC=CC(C)C.CP(C)(C)=NC1=CC=CC1.[Ti]. The first-order chi connectivity index (χ1) is 9.20. The van der Waals surface area contributed by atoms with Crippen molar-refractivity contribution in [3.8, 4) is 0 Å². The zero-order valence-electron chi connectivity index (χ0n) is 14.8. The van der Waals surface area contributed by atoms with Crippen molar-refractivity contribution < 1.29 is 21.7 Å². The van der Waals surface area contributed by atoms with E-state index in [9.17, 15) is 0 Å². The summed E-state index contributed by atoms with van der Waals surface area (Å²) in [5.74, 6) is 1.33. The van der Waals surface area contributed by atoms with Crippen molar-refractivity contribution in [2.45, 2.75) is 34.1 Å². The molecule has 0 saturated carbocycles. The van der Waals surface area contributed by atoms with E-state index in [0.717, 1.165) is 6.42 Å². The van der Waals surface area contributed by atoms with Gasteiger partial charge in [-0.05, 0) is 45.0 Å². The Morgan fingerprint density at radius 2 is 1.48 bits per heavy atom. The van der Waals surface area contributed by atoms with Crippen molar-refractivity contribution in [2.24, 2.45) is 16.6 Å². The minimum absolute atomic E-state index is 0. The van der Waals surface area contributed by atoms with Gasteiger partial charge in [0.15, 0.2) is 0 Å². The molecule has 1 aliphatic rings. The monoisotopic (exact) mass is 341 g/mol. The summed E-state index contributed by atoms with van der Waals surface area (Å²) in [5, 5.41) is 0. The van der Waals surface area contributed by atoms with Crippen LogP contribution in [0.3, 0.4) is 0 Å². The van der Waals surface area contributed by atoms with Gasteiger partial charge < -0.3 is 0 Å². The van der Waals surface area contributed by atoms with Crippen molar-refractivity contribution in [3.63, 3.8) is 0 Å². The van der Waals surface area contributed by atoms with Crippen LogP contribution in [0.5, 0.6) is 0 Å². The van der Waals surface area contributed by atoms with Crippen molar-refractivity contribution in [2.75, 3.05) is 20.0 Å². The molecule has 1 rings (SSSR count). The molecule has 0 N–H and O–H groups in total. The predicted molar refractivity (Wildman–Crippen MR) is 96.9 cm³/mol. The van der Waals surface area contributed by atoms with Crippen molar-refractivity contribution in [1.82, 2.24) is 0 Å². The van der Waals surface area contributed by atoms with E-state index in [2.05, 4.69) is 95.0 Å². The summed E-state index contributed by atoms with van der Waals surface area (Å²) >= 11 is 0. The molecule has 0 saturated heterocycles. The third kappa shape index (κ3) is 17.9. The first-order valence-electron chi connectivity index (χ1n) is 7.46. The van der Waals surface area contributed by atoms with Crippen molar-refractivity contribution >= 4 is 7.05 Å². The van der Waals surface area contributed by atoms with E-state index in [0.29, 0.717) is 11.8 Å². The molecule has 21 heavy (non-hydrogen) atoms. The van der Waals surface area contributed by atoms with Gasteiger partial charge in [0.25, 0.3) is 0 Å². The second kappa shape index (κ2) is 12.4. The summed E-state index contributed by atoms with van der Waals surface area (Å²) in [5.41, 5.74) is 1.25. The van der Waals surface area contributed by atoms with Crippen LogP contribution in [0.15, 0.2) is 53.0 Å². The van der Waals surface area contributed by atoms with Gasteiger partial charge in [-0.1, -0.05) is 64.2 Å². The quantitative estimate of drug-likeness (QED) is 0.322. The second-order valence-corrected chi connectivity index (χ2v) is 10.7. The molecule has 0 aromatic rings. The summed E-state index contributed by atoms with van der Waals surface area (Å²) in [6, 6.07) is 0. The van der Waals surface area contributed by atoms with Crippen LogP contribution in [0.2, 0.25) is 0 Å². The Labute approximate surface area is 147 Å². The molecule has 0 fully saturated rings. The fourth-order valence-corrected chi connectivity index (χ4v) is 2.39. The van der Waals surface area contributed by atoms with Gasteiger partial charge in [0.05, 0.1) is 0 Å². The first kappa shape index (κ1) is 23.2. The Hall–Kier alpha value is -0.0957. The normalized spacial score (nSPS) is 14.4. The molecule has 0 amide bonds. The van der Waals surface area contributed by atoms with E-state index in [1.165, 1.54) is 5.70 Å². The van der Waals surface area contributed by atoms with Crippen LogP contribution in [0.4, 0.5) is 0 Å². The van der Waals surface area contributed by atoms with Crippen LogP contribution < -0.4 is 0 Å². The van der Waals surface area contributed by atoms with E-state index in [4.69, 9.17) is 0 Å². The molecule has 0 bridgehead atoms. The van der Waals surface area contributed by atoms with Gasteiger partial charge in [0.1, 0.15) is 0 Å².